The van der Waals surface area contributed by atoms with Crippen LogP contribution in [-0.2, 0) is 6.42 Å². The molecule has 0 bridgehead atoms. The van der Waals surface area contributed by atoms with Gasteiger partial charge in [0.05, 0.1) is 23.5 Å². The van der Waals surface area contributed by atoms with Crippen LogP contribution in [0, 0.1) is 5.82 Å². The van der Waals surface area contributed by atoms with Crippen LogP contribution in [0.2, 0.25) is 0 Å². The van der Waals surface area contributed by atoms with Gasteiger partial charge in [-0.15, -0.1) is 11.3 Å². The monoisotopic (exact) mass is 449 g/mol. The summed E-state index contributed by atoms with van der Waals surface area (Å²) in [6.45, 7) is 7.91. The van der Waals surface area contributed by atoms with Gasteiger partial charge in [-0.1, -0.05) is 25.1 Å². The first-order chi connectivity index (χ1) is 15.7. The lowest BCUT2D eigenvalue weighted by molar-refractivity contribution is 0.265. The van der Waals surface area contributed by atoms with Crippen LogP contribution in [0.25, 0.3) is 0 Å². The molecule has 166 valence electrons. The van der Waals surface area contributed by atoms with Crippen molar-refractivity contribution < 1.29 is 4.39 Å². The summed E-state index contributed by atoms with van der Waals surface area (Å²) in [5.41, 5.74) is 3.96. The number of benzene rings is 2. The van der Waals surface area contributed by atoms with Crippen LogP contribution in [0.5, 0.6) is 0 Å². The van der Waals surface area contributed by atoms with Crippen molar-refractivity contribution in [1.29, 1.82) is 0 Å². The van der Waals surface area contributed by atoms with Gasteiger partial charge < -0.3 is 15.5 Å². The van der Waals surface area contributed by atoms with E-state index in [0.717, 1.165) is 66.9 Å². The van der Waals surface area contributed by atoms with E-state index in [4.69, 9.17) is 4.99 Å². The Balaban J connectivity index is 1.27. The molecule has 5 nitrogen and oxygen atoms in total. The standard InChI is InChI=1S/C25H28FN5S/c1-2-20-17-21-24(28-23-16-18(26)8-9-22(23)29-25(21)32-20)27-10-11-30-12-14-31(15-13-30)19-6-4-3-5-7-19/h3-9,16-17,29H,2,10-15H2,1H3,(H,27,28). The molecule has 0 radical (unpaired) electrons. The zero-order valence-corrected chi connectivity index (χ0v) is 19.1. The lowest BCUT2D eigenvalue weighted by Crippen LogP contribution is -2.47. The van der Waals surface area contributed by atoms with Crippen molar-refractivity contribution in [2.75, 3.05) is 54.8 Å². The molecular formula is C25H28FN5S. The first kappa shape index (κ1) is 21.0. The Kier molecular flexibility index (Phi) is 6.10. The average Bonchev–Trinajstić information content (AvgIpc) is 3.18. The van der Waals surface area contributed by atoms with E-state index in [9.17, 15) is 4.39 Å². The minimum atomic E-state index is -0.256. The van der Waals surface area contributed by atoms with E-state index in [-0.39, 0.29) is 5.82 Å². The van der Waals surface area contributed by atoms with E-state index >= 15 is 0 Å². The highest BCUT2D eigenvalue weighted by molar-refractivity contribution is 7.16. The van der Waals surface area contributed by atoms with Crippen LogP contribution in [0.15, 0.2) is 59.6 Å². The molecule has 1 aromatic heterocycles. The van der Waals surface area contributed by atoms with Crippen LogP contribution in [-0.4, -0.2) is 50.0 Å². The average molecular weight is 450 g/mol. The lowest BCUT2D eigenvalue weighted by Gasteiger charge is -2.35. The van der Waals surface area contributed by atoms with E-state index < -0.39 is 0 Å². The largest absolute Gasteiger partial charge is 0.369 e. The van der Waals surface area contributed by atoms with Gasteiger partial charge in [-0.05, 0) is 42.8 Å². The molecule has 0 atom stereocenters. The predicted molar refractivity (Wildman–Crippen MR) is 134 cm³/mol. The molecule has 1 saturated heterocycles. The lowest BCUT2D eigenvalue weighted by atomic mass is 10.2. The molecule has 2 aromatic carbocycles. The number of amidine groups is 1. The normalized spacial score (nSPS) is 17.3. The van der Waals surface area contributed by atoms with Gasteiger partial charge in [0.25, 0.3) is 0 Å². The summed E-state index contributed by atoms with van der Waals surface area (Å²) < 4.78 is 13.9. The number of halogens is 1. The number of hydrogen-bond donors (Lipinski definition) is 2. The quantitative estimate of drug-likeness (QED) is 0.563. The summed E-state index contributed by atoms with van der Waals surface area (Å²) in [5.74, 6) is 0.559. The number of nitrogens with one attached hydrogen (secondary N) is 2. The summed E-state index contributed by atoms with van der Waals surface area (Å²) in [4.78, 5) is 11.1. The topological polar surface area (TPSA) is 42.9 Å². The van der Waals surface area contributed by atoms with Gasteiger partial charge in [-0.25, -0.2) is 4.39 Å². The highest BCUT2D eigenvalue weighted by Crippen LogP contribution is 2.38. The van der Waals surface area contributed by atoms with Gasteiger partial charge in [0.15, 0.2) is 0 Å². The highest BCUT2D eigenvalue weighted by Gasteiger charge is 2.21. The first-order valence-corrected chi connectivity index (χ1v) is 12.0. The second kappa shape index (κ2) is 9.30. The van der Waals surface area contributed by atoms with Crippen molar-refractivity contribution in [2.45, 2.75) is 13.3 Å². The molecule has 2 N–H and O–H groups in total. The number of hydrogen-bond acceptors (Lipinski definition) is 5. The maximum absolute atomic E-state index is 13.9. The fourth-order valence-corrected chi connectivity index (χ4v) is 5.24. The molecule has 7 heteroatoms. The summed E-state index contributed by atoms with van der Waals surface area (Å²) in [7, 11) is 0. The minimum Gasteiger partial charge on any atom is -0.369 e. The zero-order valence-electron chi connectivity index (χ0n) is 18.3. The number of aliphatic imine (C=N–C) groups is 1. The van der Waals surface area contributed by atoms with E-state index in [1.807, 2.05) is 0 Å². The van der Waals surface area contributed by atoms with Crippen molar-refractivity contribution in [1.82, 2.24) is 4.90 Å². The third-order valence-corrected chi connectivity index (χ3v) is 7.24. The molecule has 0 amide bonds. The van der Waals surface area contributed by atoms with Crippen molar-refractivity contribution >= 4 is 39.2 Å². The fourth-order valence-electron chi connectivity index (χ4n) is 4.23. The zero-order chi connectivity index (χ0) is 21.9. The molecule has 1 fully saturated rings. The van der Waals surface area contributed by atoms with Crippen LogP contribution in [0.1, 0.15) is 17.4 Å². The number of rotatable bonds is 5. The summed E-state index contributed by atoms with van der Waals surface area (Å²) in [6, 6.07) is 17.6. The Labute approximate surface area is 192 Å². The maximum atomic E-state index is 13.9. The van der Waals surface area contributed by atoms with E-state index in [0.29, 0.717) is 6.54 Å². The molecule has 2 aliphatic rings. The van der Waals surface area contributed by atoms with E-state index in [1.165, 1.54) is 22.7 Å². The summed E-state index contributed by atoms with van der Waals surface area (Å²) >= 11 is 1.74. The highest BCUT2D eigenvalue weighted by atomic mass is 32.1. The molecule has 3 aromatic rings. The van der Waals surface area contributed by atoms with Crippen molar-refractivity contribution in [3.63, 3.8) is 0 Å². The number of fused-ring (bicyclic) bond motifs is 2. The first-order valence-electron chi connectivity index (χ1n) is 11.2. The van der Waals surface area contributed by atoms with Gasteiger partial charge in [-0.3, -0.25) is 9.89 Å². The Hall–Kier alpha value is -2.90. The fraction of sp³-hybridized carbons (Fsp3) is 0.320. The van der Waals surface area contributed by atoms with Gasteiger partial charge in [0.1, 0.15) is 16.7 Å². The second-order valence-electron chi connectivity index (χ2n) is 8.14. The van der Waals surface area contributed by atoms with Crippen LogP contribution in [0.4, 0.5) is 26.5 Å². The van der Waals surface area contributed by atoms with Crippen LogP contribution in [0.3, 0.4) is 0 Å². The summed E-state index contributed by atoms with van der Waals surface area (Å²) in [6.07, 6.45) is 0.981. The molecule has 5 rings (SSSR count). The SMILES string of the molecule is CCc1cc2c(s1)Nc1ccc(F)cc1NC2=NCCN1CCN(c2ccccc2)CC1. The Morgan fingerprint density at radius 3 is 2.56 bits per heavy atom. The third-order valence-electron chi connectivity index (χ3n) is 6.05. The Morgan fingerprint density at radius 2 is 1.78 bits per heavy atom. The molecule has 0 saturated carbocycles. The molecular weight excluding hydrogens is 421 g/mol. The number of piperazine rings is 1. The van der Waals surface area contributed by atoms with Crippen LogP contribution < -0.4 is 15.5 Å². The maximum Gasteiger partial charge on any atom is 0.135 e. The van der Waals surface area contributed by atoms with E-state index in [1.54, 1.807) is 17.4 Å². The number of anilines is 4. The molecule has 32 heavy (non-hydrogen) atoms. The van der Waals surface area contributed by atoms with Crippen molar-refractivity contribution in [3.8, 4) is 0 Å². The van der Waals surface area contributed by atoms with Gasteiger partial charge in [0.2, 0.25) is 0 Å². The van der Waals surface area contributed by atoms with Gasteiger partial charge in [-0.2, -0.15) is 0 Å². The smallest absolute Gasteiger partial charge is 0.135 e. The number of aryl methyl sites for hydroxylation is 1. The number of nitrogens with zero attached hydrogens (tertiary/aromatic N) is 3. The molecule has 2 aliphatic heterocycles. The Bertz CT molecular complexity index is 1100. The predicted octanol–water partition coefficient (Wildman–Crippen LogP) is 5.19. The molecule has 0 aliphatic carbocycles. The van der Waals surface area contributed by atoms with Crippen molar-refractivity contribution in [3.05, 3.63) is 70.9 Å². The van der Waals surface area contributed by atoms with E-state index in [2.05, 4.69) is 63.8 Å². The third kappa shape index (κ3) is 4.49. The molecule has 3 heterocycles. The van der Waals surface area contributed by atoms with Crippen molar-refractivity contribution in [2.24, 2.45) is 4.99 Å². The molecule has 0 unspecified atom stereocenters. The van der Waals surface area contributed by atoms with Crippen LogP contribution >= 0.6 is 11.3 Å². The van der Waals surface area contributed by atoms with Gasteiger partial charge >= 0.3 is 0 Å². The number of para-hydroxylation sites is 1. The van der Waals surface area contributed by atoms with Gasteiger partial charge in [0, 0.05) is 43.3 Å². The Morgan fingerprint density at radius 1 is 0.969 bits per heavy atom. The number of thiophene rings is 1. The minimum absolute atomic E-state index is 0.256. The summed E-state index contributed by atoms with van der Waals surface area (Å²) in [5, 5.41) is 7.92. The molecule has 0 spiro atoms. The second-order valence-corrected chi connectivity index (χ2v) is 9.28.